The van der Waals surface area contributed by atoms with Crippen LogP contribution in [0.2, 0.25) is 5.02 Å². The minimum Gasteiger partial charge on any atom is -0.310 e. The van der Waals surface area contributed by atoms with Crippen LogP contribution in [0.15, 0.2) is 18.2 Å². The minimum atomic E-state index is -0.519. The van der Waals surface area contributed by atoms with Crippen molar-refractivity contribution in [3.8, 4) is 0 Å². The number of nitrogens with zero attached hydrogens (tertiary/aromatic N) is 2. The van der Waals surface area contributed by atoms with E-state index in [2.05, 4.69) is 15.9 Å². The van der Waals surface area contributed by atoms with E-state index in [1.54, 1.807) is 0 Å². The molecule has 17 heavy (non-hydrogen) atoms. The van der Waals surface area contributed by atoms with Gasteiger partial charge in [0.2, 0.25) is 5.91 Å². The Morgan fingerprint density at radius 2 is 2.24 bits per heavy atom. The van der Waals surface area contributed by atoms with Crippen LogP contribution in [0.3, 0.4) is 0 Å². The zero-order chi connectivity index (χ0) is 12.6. The summed E-state index contributed by atoms with van der Waals surface area (Å²) in [4.78, 5) is 23.3. The van der Waals surface area contributed by atoms with E-state index >= 15 is 0 Å². The van der Waals surface area contributed by atoms with Gasteiger partial charge in [-0.15, -0.1) is 0 Å². The Balaban J connectivity index is 2.34. The van der Waals surface area contributed by atoms with Gasteiger partial charge in [0, 0.05) is 29.9 Å². The summed E-state index contributed by atoms with van der Waals surface area (Å²) < 4.78 is 0. The molecule has 1 aliphatic rings. The molecule has 1 aromatic carbocycles. The van der Waals surface area contributed by atoms with Gasteiger partial charge in [0.1, 0.15) is 0 Å². The number of non-ortho nitro benzene ring substituents is 1. The van der Waals surface area contributed by atoms with E-state index in [4.69, 9.17) is 11.6 Å². The molecule has 0 N–H and O–H groups in total. The molecule has 0 saturated carbocycles. The lowest BCUT2D eigenvalue weighted by Gasteiger charge is -2.17. The zero-order valence-electron chi connectivity index (χ0n) is 8.60. The van der Waals surface area contributed by atoms with E-state index < -0.39 is 4.92 Å². The molecular weight excluding hydrogens is 311 g/mol. The predicted molar refractivity (Wildman–Crippen MR) is 67.8 cm³/mol. The van der Waals surface area contributed by atoms with Crippen molar-refractivity contribution in [3.63, 3.8) is 0 Å². The Morgan fingerprint density at radius 1 is 1.53 bits per heavy atom. The number of hydrogen-bond donors (Lipinski definition) is 0. The van der Waals surface area contributed by atoms with Crippen molar-refractivity contribution < 1.29 is 9.72 Å². The van der Waals surface area contributed by atoms with Crippen LogP contribution < -0.4 is 4.90 Å². The van der Waals surface area contributed by atoms with Crippen LogP contribution in [0.25, 0.3) is 0 Å². The highest BCUT2D eigenvalue weighted by atomic mass is 79.9. The molecule has 0 bridgehead atoms. The summed E-state index contributed by atoms with van der Waals surface area (Å²) >= 11 is 9.32. The summed E-state index contributed by atoms with van der Waals surface area (Å²) in [5.74, 6) is -0.0392. The van der Waals surface area contributed by atoms with Gasteiger partial charge in [0.05, 0.1) is 15.6 Å². The highest BCUT2D eigenvalue weighted by Gasteiger charge is 2.30. The fourth-order valence-corrected chi connectivity index (χ4v) is 2.57. The van der Waals surface area contributed by atoms with Crippen LogP contribution in [-0.2, 0) is 4.79 Å². The van der Waals surface area contributed by atoms with Gasteiger partial charge in [-0.1, -0.05) is 27.5 Å². The summed E-state index contributed by atoms with van der Waals surface area (Å²) in [6, 6.07) is 4.10. The van der Waals surface area contributed by atoms with Crippen molar-refractivity contribution in [3.05, 3.63) is 33.3 Å². The number of benzene rings is 1. The number of nitro groups is 1. The summed E-state index contributed by atoms with van der Waals surface area (Å²) in [5.41, 5.74) is 0.435. The number of carbonyl (C=O) groups excluding carboxylic acids is 1. The lowest BCUT2D eigenvalue weighted by Crippen LogP contribution is -2.24. The number of hydrogen-bond acceptors (Lipinski definition) is 3. The molecule has 1 saturated heterocycles. The summed E-state index contributed by atoms with van der Waals surface area (Å²) in [6.45, 7) is 0.524. The van der Waals surface area contributed by atoms with Crippen molar-refractivity contribution in [2.45, 2.75) is 11.2 Å². The molecule has 2 rings (SSSR count). The second-order valence-electron chi connectivity index (χ2n) is 3.70. The molecule has 1 aromatic rings. The van der Waals surface area contributed by atoms with E-state index in [-0.39, 0.29) is 21.4 Å². The molecule has 1 aliphatic heterocycles. The molecule has 5 nitrogen and oxygen atoms in total. The number of halogens is 2. The monoisotopic (exact) mass is 318 g/mol. The first kappa shape index (κ1) is 12.3. The third kappa shape index (κ3) is 2.42. The van der Waals surface area contributed by atoms with Crippen LogP contribution in [0, 0.1) is 10.1 Å². The van der Waals surface area contributed by atoms with Gasteiger partial charge < -0.3 is 4.90 Å². The van der Waals surface area contributed by atoms with Crippen LogP contribution in [0.1, 0.15) is 6.42 Å². The Bertz CT molecular complexity index is 494. The quantitative estimate of drug-likeness (QED) is 0.478. The number of amides is 1. The Labute approximate surface area is 111 Å². The maximum Gasteiger partial charge on any atom is 0.271 e. The largest absolute Gasteiger partial charge is 0.310 e. The van der Waals surface area contributed by atoms with E-state index in [1.807, 2.05) is 0 Å². The summed E-state index contributed by atoms with van der Waals surface area (Å²) in [7, 11) is 0. The van der Waals surface area contributed by atoms with Crippen molar-refractivity contribution in [1.29, 1.82) is 0 Å². The molecule has 0 spiro atoms. The lowest BCUT2D eigenvalue weighted by atomic mass is 10.2. The molecular formula is C10H8BrClN2O3. The van der Waals surface area contributed by atoms with Gasteiger partial charge in [-0.25, -0.2) is 0 Å². The zero-order valence-corrected chi connectivity index (χ0v) is 10.9. The Hall–Kier alpha value is -1.14. The summed E-state index contributed by atoms with van der Waals surface area (Å²) in [6.07, 6.45) is 0.410. The molecule has 1 fully saturated rings. The molecule has 7 heteroatoms. The average Bonchev–Trinajstić information content (AvgIpc) is 2.57. The normalized spacial score (nSPS) is 19.8. The number of anilines is 1. The molecule has 1 atom stereocenters. The first-order valence-corrected chi connectivity index (χ1v) is 6.17. The fourth-order valence-electron chi connectivity index (χ4n) is 1.73. The Morgan fingerprint density at radius 3 is 2.71 bits per heavy atom. The van der Waals surface area contributed by atoms with E-state index in [1.165, 1.54) is 23.1 Å². The van der Waals surface area contributed by atoms with Crippen molar-refractivity contribution >= 4 is 44.8 Å². The van der Waals surface area contributed by atoms with Gasteiger partial charge in [-0.3, -0.25) is 14.9 Å². The maximum absolute atomic E-state index is 11.7. The smallest absolute Gasteiger partial charge is 0.271 e. The Kier molecular flexibility index (Phi) is 3.35. The average molecular weight is 320 g/mol. The predicted octanol–water partition coefficient (Wildman–Crippen LogP) is 2.75. The van der Waals surface area contributed by atoms with Crippen LogP contribution >= 0.6 is 27.5 Å². The fraction of sp³-hybridized carbons (Fsp3) is 0.300. The molecule has 90 valence electrons. The first-order chi connectivity index (χ1) is 7.99. The number of carbonyl (C=O) groups is 1. The third-order valence-corrected chi connectivity index (χ3v) is 3.43. The van der Waals surface area contributed by atoms with Crippen molar-refractivity contribution in [2.75, 3.05) is 11.4 Å². The summed E-state index contributed by atoms with van der Waals surface area (Å²) in [5, 5.41) is 10.8. The minimum absolute atomic E-state index is 0.0392. The molecule has 1 heterocycles. The van der Waals surface area contributed by atoms with E-state index in [9.17, 15) is 14.9 Å². The molecule has 1 unspecified atom stereocenters. The maximum atomic E-state index is 11.7. The topological polar surface area (TPSA) is 63.5 Å². The second kappa shape index (κ2) is 4.62. The van der Waals surface area contributed by atoms with Crippen LogP contribution in [0.5, 0.6) is 0 Å². The van der Waals surface area contributed by atoms with Crippen LogP contribution in [-0.4, -0.2) is 22.2 Å². The SMILES string of the molecule is O=C1CC(Br)CN1c1ccc([N+](=O)[O-])cc1Cl. The molecule has 0 aliphatic carbocycles. The van der Waals surface area contributed by atoms with Crippen molar-refractivity contribution in [1.82, 2.24) is 0 Å². The van der Waals surface area contributed by atoms with Gasteiger partial charge in [-0.2, -0.15) is 0 Å². The number of alkyl halides is 1. The van der Waals surface area contributed by atoms with E-state index in [0.717, 1.165) is 0 Å². The molecule has 0 aromatic heterocycles. The number of nitro benzene ring substituents is 1. The molecule has 1 amide bonds. The standard InChI is InChI=1S/C10H8BrClN2O3/c11-6-3-10(15)13(5-6)9-2-1-7(14(16)17)4-8(9)12/h1-2,4,6H,3,5H2. The van der Waals surface area contributed by atoms with Gasteiger partial charge in [0.25, 0.3) is 5.69 Å². The van der Waals surface area contributed by atoms with Crippen molar-refractivity contribution in [2.24, 2.45) is 0 Å². The number of rotatable bonds is 2. The van der Waals surface area contributed by atoms with Gasteiger partial charge >= 0.3 is 0 Å². The van der Waals surface area contributed by atoms with E-state index in [0.29, 0.717) is 18.7 Å². The van der Waals surface area contributed by atoms with Crippen LogP contribution in [0.4, 0.5) is 11.4 Å². The highest BCUT2D eigenvalue weighted by Crippen LogP contribution is 2.33. The lowest BCUT2D eigenvalue weighted by molar-refractivity contribution is -0.384. The third-order valence-electron chi connectivity index (χ3n) is 2.51. The second-order valence-corrected chi connectivity index (χ2v) is 5.40. The highest BCUT2D eigenvalue weighted by molar-refractivity contribution is 9.09. The van der Waals surface area contributed by atoms with Gasteiger partial charge in [0.15, 0.2) is 0 Å². The first-order valence-electron chi connectivity index (χ1n) is 4.87. The van der Waals surface area contributed by atoms with Gasteiger partial charge in [-0.05, 0) is 6.07 Å². The molecule has 0 radical (unpaired) electrons.